The van der Waals surface area contributed by atoms with Crippen molar-refractivity contribution in [2.45, 2.75) is 76.4 Å². The smallest absolute Gasteiger partial charge is 0.356 e. The summed E-state index contributed by atoms with van der Waals surface area (Å²) in [5.41, 5.74) is -1.10. The molecule has 7 atom stereocenters. The van der Waals surface area contributed by atoms with Gasteiger partial charge in [-0.2, -0.15) is 0 Å². The normalized spacial score (nSPS) is 35.1. The molecule has 3 N–H and O–H groups in total. The van der Waals surface area contributed by atoms with E-state index in [4.69, 9.17) is 9.26 Å². The second kappa shape index (κ2) is 7.28. The monoisotopic (exact) mass is 340 g/mol. The van der Waals surface area contributed by atoms with Gasteiger partial charge in [-0.3, -0.25) is 9.09 Å². The van der Waals surface area contributed by atoms with Crippen molar-refractivity contribution >= 4 is 15.4 Å². The summed E-state index contributed by atoms with van der Waals surface area (Å²) in [5.74, 6) is -2.06. The van der Waals surface area contributed by atoms with Gasteiger partial charge < -0.3 is 19.8 Å². The molecule has 0 saturated carbocycles. The van der Waals surface area contributed by atoms with Crippen LogP contribution in [0.5, 0.6) is 0 Å². The maximum Gasteiger partial charge on any atom is 0.356 e. The Bertz CT molecular complexity index is 419. The van der Waals surface area contributed by atoms with Gasteiger partial charge in [0.05, 0.1) is 17.7 Å². The number of alkyl halides is 1. The lowest BCUT2D eigenvalue weighted by molar-refractivity contribution is -0.0937. The van der Waals surface area contributed by atoms with Crippen LogP contribution >= 0.6 is 7.60 Å². The van der Waals surface area contributed by atoms with E-state index in [0.717, 1.165) is 0 Å². The molecule has 1 aliphatic heterocycles. The molecule has 0 amide bonds. The summed E-state index contributed by atoms with van der Waals surface area (Å²) in [6.45, 7) is 6.44. The van der Waals surface area contributed by atoms with E-state index in [1.807, 2.05) is 0 Å². The molecule has 1 fully saturated rings. The fourth-order valence-electron chi connectivity index (χ4n) is 3.02. The highest BCUT2D eigenvalue weighted by Gasteiger charge is 2.52. The molecule has 130 valence electrons. The molecule has 1 heterocycles. The quantitative estimate of drug-likeness (QED) is 0.468. The average molecular weight is 340 g/mol. The molecule has 22 heavy (non-hydrogen) atoms. The van der Waals surface area contributed by atoms with Crippen molar-refractivity contribution in [3.8, 4) is 0 Å². The van der Waals surface area contributed by atoms with Gasteiger partial charge in [0, 0.05) is 5.92 Å². The van der Waals surface area contributed by atoms with Crippen molar-refractivity contribution in [1.82, 2.24) is 0 Å². The highest BCUT2D eigenvalue weighted by atomic mass is 31.2. The van der Waals surface area contributed by atoms with Gasteiger partial charge in [-0.15, -0.1) is 0 Å². The largest absolute Gasteiger partial charge is 0.387 e. The maximum atomic E-state index is 13.8. The van der Waals surface area contributed by atoms with Crippen LogP contribution in [0.15, 0.2) is 0 Å². The SMILES string of the molecule is B[C@@H]1O[C@H](C(C)C(CC)(CC)OP(=O)(O)[C@@H](C)O)[C@@H](O)[C@H]1F. The van der Waals surface area contributed by atoms with Gasteiger partial charge in [-0.1, -0.05) is 20.8 Å². The zero-order valence-electron chi connectivity index (χ0n) is 13.8. The number of aliphatic hydroxyl groups is 2. The molecule has 1 saturated heterocycles. The average Bonchev–Trinajstić information content (AvgIpc) is 2.71. The molecular weight excluding hydrogens is 313 g/mol. The fourth-order valence-corrected chi connectivity index (χ4v) is 4.12. The number of aliphatic hydroxyl groups excluding tert-OH is 2. The van der Waals surface area contributed by atoms with Crippen LogP contribution in [0.3, 0.4) is 0 Å². The lowest BCUT2D eigenvalue weighted by Crippen LogP contribution is -2.48. The van der Waals surface area contributed by atoms with Gasteiger partial charge in [0.1, 0.15) is 20.1 Å². The van der Waals surface area contributed by atoms with E-state index in [1.165, 1.54) is 14.8 Å². The number of hydrogen-bond donors (Lipinski definition) is 3. The molecule has 0 bridgehead atoms. The predicted octanol–water partition coefficient (Wildman–Crippen LogP) is 0.779. The summed E-state index contributed by atoms with van der Waals surface area (Å²) >= 11 is 0. The van der Waals surface area contributed by atoms with Crippen LogP contribution in [0.2, 0.25) is 0 Å². The third-order valence-electron chi connectivity index (χ3n) is 4.79. The Morgan fingerprint density at radius 1 is 1.41 bits per heavy atom. The van der Waals surface area contributed by atoms with Crippen LogP contribution in [-0.2, 0) is 13.8 Å². The molecule has 2 unspecified atom stereocenters. The molecule has 6 nitrogen and oxygen atoms in total. The van der Waals surface area contributed by atoms with Gasteiger partial charge in [-0.25, -0.2) is 4.39 Å². The molecule has 0 spiro atoms. The van der Waals surface area contributed by atoms with Crippen LogP contribution in [0, 0.1) is 5.92 Å². The molecule has 1 rings (SSSR count). The van der Waals surface area contributed by atoms with Gasteiger partial charge in [0.25, 0.3) is 0 Å². The highest BCUT2D eigenvalue weighted by Crippen LogP contribution is 2.54. The van der Waals surface area contributed by atoms with Crippen molar-refractivity contribution in [1.29, 1.82) is 0 Å². The first-order valence-corrected chi connectivity index (χ1v) is 9.36. The van der Waals surface area contributed by atoms with E-state index >= 15 is 0 Å². The number of hydrogen-bond acceptors (Lipinski definition) is 5. The van der Waals surface area contributed by atoms with Crippen LogP contribution in [0.25, 0.3) is 0 Å². The van der Waals surface area contributed by atoms with Crippen LogP contribution in [0.1, 0.15) is 40.5 Å². The van der Waals surface area contributed by atoms with Crippen molar-refractivity contribution < 1.29 is 33.3 Å². The van der Waals surface area contributed by atoms with Crippen molar-refractivity contribution in [2.75, 3.05) is 0 Å². The topological polar surface area (TPSA) is 96.2 Å². The molecule has 0 radical (unpaired) electrons. The minimum atomic E-state index is -4.24. The first-order valence-electron chi connectivity index (χ1n) is 7.71. The Morgan fingerprint density at radius 3 is 2.23 bits per heavy atom. The molecule has 0 aromatic rings. The lowest BCUT2D eigenvalue weighted by atomic mass is 9.79. The molecule has 1 aliphatic rings. The van der Waals surface area contributed by atoms with Gasteiger partial charge in [0.2, 0.25) is 0 Å². The maximum absolute atomic E-state index is 13.8. The number of halogens is 1. The van der Waals surface area contributed by atoms with Crippen molar-refractivity contribution in [3.63, 3.8) is 0 Å². The summed E-state index contributed by atoms with van der Waals surface area (Å²) in [6.07, 6.45) is -2.93. The third-order valence-corrected chi connectivity index (χ3v) is 6.36. The first kappa shape index (κ1) is 20.1. The standard InChI is InChI=1S/C13H27BFO6P/c1-5-13(6-2,21-22(18,19)8(4)16)7(3)11-10(17)9(15)12(14)20-11/h7-12,16-17H,5-6,14H2,1-4H3,(H,18,19)/t7?,8-,9+,10-,11+,12+/m0/s1. The van der Waals surface area contributed by atoms with E-state index in [9.17, 15) is 24.1 Å². The Morgan fingerprint density at radius 2 is 1.91 bits per heavy atom. The fraction of sp³-hybridized carbons (Fsp3) is 1.00. The van der Waals surface area contributed by atoms with E-state index in [0.29, 0.717) is 12.8 Å². The minimum Gasteiger partial charge on any atom is -0.387 e. The van der Waals surface area contributed by atoms with Gasteiger partial charge >= 0.3 is 7.60 Å². The number of rotatable bonds is 7. The van der Waals surface area contributed by atoms with E-state index in [-0.39, 0.29) is 0 Å². The van der Waals surface area contributed by atoms with E-state index in [1.54, 1.807) is 20.8 Å². The summed E-state index contributed by atoms with van der Waals surface area (Å²) in [4.78, 5) is 9.86. The third kappa shape index (κ3) is 3.74. The molecule has 0 aromatic heterocycles. The van der Waals surface area contributed by atoms with Crippen molar-refractivity contribution in [2.24, 2.45) is 5.92 Å². The highest BCUT2D eigenvalue weighted by molar-refractivity contribution is 7.53. The first-order chi connectivity index (χ1) is 10.0. The van der Waals surface area contributed by atoms with Crippen LogP contribution in [-0.4, -0.2) is 58.8 Å². The Balaban J connectivity index is 3.06. The zero-order chi connectivity index (χ0) is 17.3. The molecule has 0 aliphatic carbocycles. The van der Waals surface area contributed by atoms with Gasteiger partial charge in [0.15, 0.2) is 5.85 Å². The lowest BCUT2D eigenvalue weighted by Gasteiger charge is -2.42. The van der Waals surface area contributed by atoms with Crippen LogP contribution < -0.4 is 0 Å². The second-order valence-electron chi connectivity index (χ2n) is 6.09. The van der Waals surface area contributed by atoms with E-state index < -0.39 is 49.3 Å². The Labute approximate surface area is 132 Å². The second-order valence-corrected chi connectivity index (χ2v) is 8.15. The Kier molecular flexibility index (Phi) is 6.64. The van der Waals surface area contributed by atoms with Gasteiger partial charge in [-0.05, 0) is 19.8 Å². The van der Waals surface area contributed by atoms with Crippen molar-refractivity contribution in [3.05, 3.63) is 0 Å². The molecular formula is C13H27BFO6P. The summed E-state index contributed by atoms with van der Waals surface area (Å²) in [6, 6.07) is -0.744. The van der Waals surface area contributed by atoms with E-state index in [2.05, 4.69) is 0 Å². The number of ether oxygens (including phenoxy) is 1. The Hall–Kier alpha value is 0.0249. The summed E-state index contributed by atoms with van der Waals surface area (Å²) in [5, 5.41) is 19.5. The summed E-state index contributed by atoms with van der Waals surface area (Å²) < 4.78 is 36.8. The zero-order valence-corrected chi connectivity index (χ0v) is 14.7. The summed E-state index contributed by atoms with van der Waals surface area (Å²) in [7, 11) is -2.70. The molecule has 0 aromatic carbocycles. The molecule has 9 heteroatoms. The minimum absolute atomic E-state index is 0.361. The van der Waals surface area contributed by atoms with Crippen LogP contribution in [0.4, 0.5) is 4.39 Å². The predicted molar refractivity (Wildman–Crippen MR) is 83.2 cm³/mol.